The van der Waals surface area contributed by atoms with Crippen molar-refractivity contribution in [3.05, 3.63) is 17.0 Å². The van der Waals surface area contributed by atoms with E-state index in [1.165, 1.54) is 25.7 Å². The molecule has 0 radical (unpaired) electrons. The summed E-state index contributed by atoms with van der Waals surface area (Å²) in [5, 5.41) is 0.353. The maximum absolute atomic E-state index is 5.91. The standard InChI is InChI=1S/C12H18ClN3/c1-3-16(10-6-4-5-7-10)11-8-9(2)14-12(13)15-11/h8,10H,3-7H2,1-2H3. The zero-order valence-electron chi connectivity index (χ0n) is 9.91. The lowest BCUT2D eigenvalue weighted by molar-refractivity contribution is 0.612. The Morgan fingerprint density at radius 3 is 2.62 bits per heavy atom. The van der Waals surface area contributed by atoms with E-state index >= 15 is 0 Å². The van der Waals surface area contributed by atoms with Crippen LogP contribution in [0.2, 0.25) is 5.28 Å². The number of halogens is 1. The Bertz CT molecular complexity index is 341. The van der Waals surface area contributed by atoms with Crippen LogP contribution in [0.1, 0.15) is 38.3 Å². The lowest BCUT2D eigenvalue weighted by atomic mass is 10.2. The Morgan fingerprint density at radius 2 is 2.06 bits per heavy atom. The molecule has 1 saturated carbocycles. The highest BCUT2D eigenvalue weighted by molar-refractivity contribution is 6.28. The van der Waals surface area contributed by atoms with Crippen LogP contribution in [0.25, 0.3) is 0 Å². The molecule has 0 spiro atoms. The Kier molecular flexibility index (Phi) is 3.64. The third kappa shape index (κ3) is 2.46. The molecule has 0 amide bonds. The van der Waals surface area contributed by atoms with E-state index in [0.717, 1.165) is 18.1 Å². The zero-order valence-corrected chi connectivity index (χ0v) is 10.7. The summed E-state index contributed by atoms with van der Waals surface area (Å²) in [7, 11) is 0. The molecule has 0 bridgehead atoms. The maximum Gasteiger partial charge on any atom is 0.224 e. The molecule has 1 aromatic rings. The van der Waals surface area contributed by atoms with Gasteiger partial charge in [0.05, 0.1) is 0 Å². The molecule has 1 aliphatic carbocycles. The number of hydrogen-bond donors (Lipinski definition) is 0. The van der Waals surface area contributed by atoms with Gasteiger partial charge in [0.15, 0.2) is 0 Å². The smallest absolute Gasteiger partial charge is 0.224 e. The average Bonchev–Trinajstić information content (AvgIpc) is 2.70. The summed E-state index contributed by atoms with van der Waals surface area (Å²) in [6.07, 6.45) is 5.21. The van der Waals surface area contributed by atoms with Gasteiger partial charge in [0.2, 0.25) is 5.28 Å². The first-order valence-corrected chi connectivity index (χ1v) is 6.36. The molecule has 88 valence electrons. The Labute approximate surface area is 102 Å². The van der Waals surface area contributed by atoms with E-state index in [9.17, 15) is 0 Å². The second kappa shape index (κ2) is 5.00. The minimum atomic E-state index is 0.353. The fraction of sp³-hybridized carbons (Fsp3) is 0.667. The van der Waals surface area contributed by atoms with E-state index in [4.69, 9.17) is 11.6 Å². The van der Waals surface area contributed by atoms with Crippen LogP contribution in [0, 0.1) is 6.92 Å². The SMILES string of the molecule is CCN(c1cc(C)nc(Cl)n1)C1CCCC1. The minimum Gasteiger partial charge on any atom is -0.354 e. The van der Waals surface area contributed by atoms with Crippen LogP contribution in [-0.2, 0) is 0 Å². The molecule has 1 aromatic heterocycles. The van der Waals surface area contributed by atoms with Crippen LogP contribution in [0.3, 0.4) is 0 Å². The molecule has 0 aliphatic heterocycles. The monoisotopic (exact) mass is 239 g/mol. The molecule has 0 N–H and O–H groups in total. The van der Waals surface area contributed by atoms with Crippen LogP contribution in [0.15, 0.2) is 6.07 Å². The highest BCUT2D eigenvalue weighted by Gasteiger charge is 2.22. The Balaban J connectivity index is 2.24. The van der Waals surface area contributed by atoms with Crippen LogP contribution in [-0.4, -0.2) is 22.6 Å². The van der Waals surface area contributed by atoms with E-state index < -0.39 is 0 Å². The summed E-state index contributed by atoms with van der Waals surface area (Å²) in [5.41, 5.74) is 0.937. The highest BCUT2D eigenvalue weighted by atomic mass is 35.5. The maximum atomic E-state index is 5.91. The molecule has 0 atom stereocenters. The van der Waals surface area contributed by atoms with Gasteiger partial charge in [-0.1, -0.05) is 12.8 Å². The molecule has 1 heterocycles. The molecule has 1 fully saturated rings. The van der Waals surface area contributed by atoms with Gasteiger partial charge in [0, 0.05) is 24.3 Å². The Hall–Kier alpha value is -0.830. The minimum absolute atomic E-state index is 0.353. The predicted molar refractivity (Wildman–Crippen MR) is 67.1 cm³/mol. The number of aromatic nitrogens is 2. The second-order valence-corrected chi connectivity index (χ2v) is 4.70. The van der Waals surface area contributed by atoms with Crippen molar-refractivity contribution in [1.82, 2.24) is 9.97 Å². The number of anilines is 1. The first-order chi connectivity index (χ1) is 7.70. The van der Waals surface area contributed by atoms with Crippen LogP contribution in [0.5, 0.6) is 0 Å². The third-order valence-electron chi connectivity index (χ3n) is 3.21. The normalized spacial score (nSPS) is 16.7. The van der Waals surface area contributed by atoms with Gasteiger partial charge in [0.1, 0.15) is 5.82 Å². The average molecular weight is 240 g/mol. The van der Waals surface area contributed by atoms with Gasteiger partial charge < -0.3 is 4.90 Å². The first-order valence-electron chi connectivity index (χ1n) is 5.98. The van der Waals surface area contributed by atoms with Gasteiger partial charge in [-0.2, -0.15) is 0 Å². The molecule has 16 heavy (non-hydrogen) atoms. The summed E-state index contributed by atoms with van der Waals surface area (Å²) in [6, 6.07) is 2.66. The molecule has 2 rings (SSSR count). The second-order valence-electron chi connectivity index (χ2n) is 4.36. The van der Waals surface area contributed by atoms with E-state index in [2.05, 4.69) is 21.8 Å². The van der Waals surface area contributed by atoms with Gasteiger partial charge in [-0.15, -0.1) is 0 Å². The van der Waals surface area contributed by atoms with Crippen molar-refractivity contribution >= 4 is 17.4 Å². The van der Waals surface area contributed by atoms with Crippen molar-refractivity contribution in [2.75, 3.05) is 11.4 Å². The third-order valence-corrected chi connectivity index (χ3v) is 3.38. The molecular weight excluding hydrogens is 222 g/mol. The predicted octanol–water partition coefficient (Wildman–Crippen LogP) is 3.21. The molecule has 0 saturated heterocycles. The first kappa shape index (κ1) is 11.6. The lowest BCUT2D eigenvalue weighted by Gasteiger charge is -2.28. The van der Waals surface area contributed by atoms with Crippen molar-refractivity contribution in [1.29, 1.82) is 0 Å². The van der Waals surface area contributed by atoms with Crippen molar-refractivity contribution in [2.45, 2.75) is 45.6 Å². The van der Waals surface area contributed by atoms with Gasteiger partial charge in [-0.25, -0.2) is 9.97 Å². The van der Waals surface area contributed by atoms with Gasteiger partial charge >= 0.3 is 0 Å². The van der Waals surface area contributed by atoms with E-state index in [-0.39, 0.29) is 0 Å². The fourth-order valence-electron chi connectivity index (χ4n) is 2.49. The van der Waals surface area contributed by atoms with Crippen molar-refractivity contribution in [2.24, 2.45) is 0 Å². The highest BCUT2D eigenvalue weighted by Crippen LogP contribution is 2.27. The molecule has 4 heteroatoms. The van der Waals surface area contributed by atoms with E-state index in [1.54, 1.807) is 0 Å². The summed E-state index contributed by atoms with van der Waals surface area (Å²) >= 11 is 5.91. The number of rotatable bonds is 3. The molecule has 0 aromatic carbocycles. The molecular formula is C12H18ClN3. The number of nitrogens with zero attached hydrogens (tertiary/aromatic N) is 3. The van der Waals surface area contributed by atoms with Gasteiger partial charge in [-0.3, -0.25) is 0 Å². The van der Waals surface area contributed by atoms with Crippen LogP contribution in [0.4, 0.5) is 5.82 Å². The summed E-state index contributed by atoms with van der Waals surface area (Å²) in [4.78, 5) is 10.8. The zero-order chi connectivity index (χ0) is 11.5. The fourth-order valence-corrected chi connectivity index (χ4v) is 2.71. The van der Waals surface area contributed by atoms with E-state index in [1.807, 2.05) is 13.0 Å². The summed E-state index contributed by atoms with van der Waals surface area (Å²) in [6.45, 7) is 5.11. The van der Waals surface area contributed by atoms with Gasteiger partial charge in [0.25, 0.3) is 0 Å². The number of aryl methyl sites for hydroxylation is 1. The molecule has 0 unspecified atom stereocenters. The molecule has 1 aliphatic rings. The van der Waals surface area contributed by atoms with Crippen molar-refractivity contribution in [3.63, 3.8) is 0 Å². The number of hydrogen-bond acceptors (Lipinski definition) is 3. The summed E-state index contributed by atoms with van der Waals surface area (Å²) < 4.78 is 0. The van der Waals surface area contributed by atoms with Crippen LogP contribution < -0.4 is 4.90 Å². The van der Waals surface area contributed by atoms with Gasteiger partial charge in [-0.05, 0) is 38.3 Å². The largest absolute Gasteiger partial charge is 0.354 e. The topological polar surface area (TPSA) is 29.0 Å². The van der Waals surface area contributed by atoms with Crippen molar-refractivity contribution < 1.29 is 0 Å². The summed E-state index contributed by atoms with van der Waals surface area (Å²) in [5.74, 6) is 0.979. The van der Waals surface area contributed by atoms with Crippen molar-refractivity contribution in [3.8, 4) is 0 Å². The molecule has 3 nitrogen and oxygen atoms in total. The lowest BCUT2D eigenvalue weighted by Crippen LogP contribution is -2.33. The van der Waals surface area contributed by atoms with Crippen LogP contribution >= 0.6 is 11.6 Å². The quantitative estimate of drug-likeness (QED) is 0.759. The Morgan fingerprint density at radius 1 is 1.38 bits per heavy atom. The van der Waals surface area contributed by atoms with E-state index in [0.29, 0.717) is 11.3 Å².